The monoisotopic (exact) mass is 391 g/mol. The zero-order chi connectivity index (χ0) is 17.1. The van der Waals surface area contributed by atoms with Crippen molar-refractivity contribution in [3.63, 3.8) is 0 Å². The van der Waals surface area contributed by atoms with Crippen LogP contribution >= 0.6 is 15.9 Å². The Morgan fingerprint density at radius 3 is 2.62 bits per heavy atom. The molecule has 2 N–H and O–H groups in total. The molecular formula is C16H12BrF2N5. The van der Waals surface area contributed by atoms with Gasteiger partial charge < -0.3 is 10.6 Å². The molecule has 0 amide bonds. The average Bonchev–Trinajstić information content (AvgIpc) is 2.54. The molecule has 0 bridgehead atoms. The van der Waals surface area contributed by atoms with E-state index in [0.29, 0.717) is 5.82 Å². The molecule has 0 aliphatic heterocycles. The van der Waals surface area contributed by atoms with Gasteiger partial charge in [0.1, 0.15) is 11.6 Å². The van der Waals surface area contributed by atoms with Gasteiger partial charge in [-0.1, -0.05) is 22.0 Å². The third-order valence-corrected chi connectivity index (χ3v) is 4.04. The number of nitrogens with one attached hydrogen (secondary N) is 2. The van der Waals surface area contributed by atoms with Crippen LogP contribution in [0.2, 0.25) is 0 Å². The van der Waals surface area contributed by atoms with Gasteiger partial charge in [0.15, 0.2) is 5.82 Å². The summed E-state index contributed by atoms with van der Waals surface area (Å²) in [6.07, 6.45) is 1.44. The van der Waals surface area contributed by atoms with Crippen LogP contribution in [0.15, 0.2) is 47.1 Å². The second kappa shape index (κ2) is 6.88. The zero-order valence-corrected chi connectivity index (χ0v) is 14.1. The number of hydrogen-bond acceptors (Lipinski definition) is 5. The van der Waals surface area contributed by atoms with E-state index in [-0.39, 0.29) is 11.6 Å². The summed E-state index contributed by atoms with van der Waals surface area (Å²) in [6.45, 7) is 1.99. The molecule has 3 aromatic rings. The molecule has 5 nitrogen and oxygen atoms in total. The van der Waals surface area contributed by atoms with Crippen LogP contribution in [0.1, 0.15) is 5.56 Å². The summed E-state index contributed by atoms with van der Waals surface area (Å²) in [4.78, 5) is 4.21. The van der Waals surface area contributed by atoms with Crippen molar-refractivity contribution in [1.82, 2.24) is 15.2 Å². The molecule has 0 atom stereocenters. The van der Waals surface area contributed by atoms with E-state index in [4.69, 9.17) is 0 Å². The Morgan fingerprint density at radius 2 is 1.88 bits per heavy atom. The fraction of sp³-hybridized carbons (Fsp3) is 0.0625. The first-order valence-corrected chi connectivity index (χ1v) is 7.75. The predicted molar refractivity (Wildman–Crippen MR) is 91.6 cm³/mol. The van der Waals surface area contributed by atoms with Crippen molar-refractivity contribution in [2.75, 3.05) is 10.6 Å². The summed E-state index contributed by atoms with van der Waals surface area (Å²) in [6, 6.07) is 8.95. The van der Waals surface area contributed by atoms with Gasteiger partial charge in [0.2, 0.25) is 5.95 Å². The highest BCUT2D eigenvalue weighted by atomic mass is 79.9. The lowest BCUT2D eigenvalue weighted by molar-refractivity contribution is 0.586. The molecule has 1 heterocycles. The fourth-order valence-electron chi connectivity index (χ4n) is 1.95. The number of halogens is 3. The minimum absolute atomic E-state index is 0.0634. The molecule has 2 aromatic carbocycles. The minimum Gasteiger partial charge on any atom is -0.339 e. The third kappa shape index (κ3) is 3.83. The van der Waals surface area contributed by atoms with Gasteiger partial charge in [0, 0.05) is 16.2 Å². The largest absolute Gasteiger partial charge is 0.339 e. The Balaban J connectivity index is 1.79. The lowest BCUT2D eigenvalue weighted by Gasteiger charge is -2.09. The number of benzene rings is 2. The zero-order valence-electron chi connectivity index (χ0n) is 12.5. The highest BCUT2D eigenvalue weighted by molar-refractivity contribution is 9.10. The van der Waals surface area contributed by atoms with Crippen molar-refractivity contribution in [2.24, 2.45) is 0 Å². The molecule has 122 valence electrons. The van der Waals surface area contributed by atoms with Crippen molar-refractivity contribution >= 4 is 39.1 Å². The lowest BCUT2D eigenvalue weighted by atomic mass is 10.2. The highest BCUT2D eigenvalue weighted by Crippen LogP contribution is 2.23. The molecule has 0 saturated heterocycles. The molecule has 1 aromatic heterocycles. The van der Waals surface area contributed by atoms with Gasteiger partial charge in [-0.3, -0.25) is 0 Å². The fourth-order valence-corrected chi connectivity index (χ4v) is 2.33. The molecule has 24 heavy (non-hydrogen) atoms. The van der Waals surface area contributed by atoms with Crippen LogP contribution < -0.4 is 10.6 Å². The minimum atomic E-state index is -0.737. The molecule has 8 heteroatoms. The first-order chi connectivity index (χ1) is 11.5. The molecule has 0 radical (unpaired) electrons. The van der Waals surface area contributed by atoms with E-state index < -0.39 is 11.6 Å². The van der Waals surface area contributed by atoms with Gasteiger partial charge in [0.05, 0.1) is 11.9 Å². The van der Waals surface area contributed by atoms with E-state index >= 15 is 0 Å². The van der Waals surface area contributed by atoms with Crippen molar-refractivity contribution in [3.8, 4) is 0 Å². The first kappa shape index (κ1) is 16.3. The van der Waals surface area contributed by atoms with Gasteiger partial charge >= 0.3 is 0 Å². The second-order valence-electron chi connectivity index (χ2n) is 5.00. The van der Waals surface area contributed by atoms with Crippen LogP contribution in [0.4, 0.5) is 31.9 Å². The van der Waals surface area contributed by atoms with Crippen LogP contribution in [-0.4, -0.2) is 15.2 Å². The summed E-state index contributed by atoms with van der Waals surface area (Å²) in [7, 11) is 0. The van der Waals surface area contributed by atoms with Crippen molar-refractivity contribution < 1.29 is 8.78 Å². The standard InChI is InChI=1S/C16H12BrF2N5/c1-9-2-4-11(7-12(9)17)21-15-8-20-24-16(23-15)22-14-5-3-10(18)6-13(14)19/h2-8H,1H3,(H2,21,22,23,24). The SMILES string of the molecule is Cc1ccc(Nc2cnnc(Nc3ccc(F)cc3F)n2)cc1Br. The van der Waals surface area contributed by atoms with E-state index in [2.05, 4.69) is 41.7 Å². The summed E-state index contributed by atoms with van der Waals surface area (Å²) < 4.78 is 27.6. The van der Waals surface area contributed by atoms with E-state index in [9.17, 15) is 8.78 Å². The molecule has 0 spiro atoms. The molecular weight excluding hydrogens is 380 g/mol. The third-order valence-electron chi connectivity index (χ3n) is 3.18. The van der Waals surface area contributed by atoms with Gasteiger partial charge in [-0.25, -0.2) is 8.78 Å². The maximum Gasteiger partial charge on any atom is 0.249 e. The molecule has 0 fully saturated rings. The number of hydrogen-bond donors (Lipinski definition) is 2. The highest BCUT2D eigenvalue weighted by Gasteiger charge is 2.07. The molecule has 0 aliphatic carbocycles. The van der Waals surface area contributed by atoms with Gasteiger partial charge in [-0.2, -0.15) is 10.1 Å². The Hall–Kier alpha value is -2.61. The predicted octanol–water partition coefficient (Wildman–Crippen LogP) is 4.71. The van der Waals surface area contributed by atoms with E-state index in [1.807, 2.05) is 25.1 Å². The van der Waals surface area contributed by atoms with E-state index in [1.54, 1.807) is 0 Å². The van der Waals surface area contributed by atoms with Crippen molar-refractivity contribution in [2.45, 2.75) is 6.92 Å². The molecule has 0 saturated carbocycles. The van der Waals surface area contributed by atoms with Crippen LogP contribution in [0.25, 0.3) is 0 Å². The lowest BCUT2D eigenvalue weighted by Crippen LogP contribution is -2.03. The number of aryl methyl sites for hydroxylation is 1. The molecule has 3 rings (SSSR count). The normalized spacial score (nSPS) is 10.5. The quantitative estimate of drug-likeness (QED) is 0.674. The van der Waals surface area contributed by atoms with Crippen LogP contribution in [0.3, 0.4) is 0 Å². The number of nitrogens with zero attached hydrogens (tertiary/aromatic N) is 3. The smallest absolute Gasteiger partial charge is 0.249 e. The maximum atomic E-state index is 13.7. The van der Waals surface area contributed by atoms with Crippen LogP contribution in [-0.2, 0) is 0 Å². The number of aromatic nitrogens is 3. The Kier molecular flexibility index (Phi) is 4.66. The molecule has 0 unspecified atom stereocenters. The average molecular weight is 392 g/mol. The van der Waals surface area contributed by atoms with Gasteiger partial charge in [-0.05, 0) is 36.8 Å². The molecule has 0 aliphatic rings. The summed E-state index contributed by atoms with van der Waals surface area (Å²) in [5, 5.41) is 13.4. The van der Waals surface area contributed by atoms with Crippen LogP contribution in [0, 0.1) is 18.6 Å². The number of anilines is 4. The van der Waals surface area contributed by atoms with E-state index in [1.165, 1.54) is 12.3 Å². The summed E-state index contributed by atoms with van der Waals surface area (Å²) in [5.74, 6) is -0.862. The van der Waals surface area contributed by atoms with Gasteiger partial charge in [0.25, 0.3) is 0 Å². The van der Waals surface area contributed by atoms with Gasteiger partial charge in [-0.15, -0.1) is 5.10 Å². The topological polar surface area (TPSA) is 62.7 Å². The van der Waals surface area contributed by atoms with Crippen molar-refractivity contribution in [3.05, 3.63) is 64.3 Å². The van der Waals surface area contributed by atoms with Crippen LogP contribution in [0.5, 0.6) is 0 Å². The Labute approximate surface area is 145 Å². The Bertz CT molecular complexity index is 888. The van der Waals surface area contributed by atoms with E-state index in [0.717, 1.165) is 27.9 Å². The van der Waals surface area contributed by atoms with Crippen molar-refractivity contribution in [1.29, 1.82) is 0 Å². The second-order valence-corrected chi connectivity index (χ2v) is 5.86. The first-order valence-electron chi connectivity index (χ1n) is 6.96. The summed E-state index contributed by atoms with van der Waals surface area (Å²) >= 11 is 3.46. The number of rotatable bonds is 4. The Morgan fingerprint density at radius 1 is 1.04 bits per heavy atom. The summed E-state index contributed by atoms with van der Waals surface area (Å²) in [5.41, 5.74) is 1.98. The maximum absolute atomic E-state index is 13.7.